The highest BCUT2D eigenvalue weighted by molar-refractivity contribution is 7.68. The minimum absolute atomic E-state index is 0.219. The van der Waals surface area contributed by atoms with Crippen molar-refractivity contribution < 1.29 is 9.47 Å². The van der Waals surface area contributed by atoms with Crippen molar-refractivity contribution in [2.75, 3.05) is 13.9 Å². The molecule has 1 aromatic rings. The van der Waals surface area contributed by atoms with Crippen LogP contribution < -0.4 is 15.2 Å². The molecule has 0 radical (unpaired) electrons. The van der Waals surface area contributed by atoms with Gasteiger partial charge in [-0.2, -0.15) is 0 Å². The molecule has 0 atom stereocenters. The van der Waals surface area contributed by atoms with Crippen LogP contribution in [0.25, 0.3) is 0 Å². The van der Waals surface area contributed by atoms with Gasteiger partial charge in [0.05, 0.1) is 8.07 Å². The number of methoxy groups -OCH3 is 1. The molecule has 0 saturated heterocycles. The maximum atomic E-state index is 6.14. The molecule has 0 fully saturated rings. The summed E-state index contributed by atoms with van der Waals surface area (Å²) in [6.45, 7) is 21.6. The summed E-state index contributed by atoms with van der Waals surface area (Å²) in [5.74, 6) is 1.09. The molecule has 0 aromatic heterocycles. The number of hydrogen-bond acceptors (Lipinski definition) is 2. The molecule has 0 bridgehead atoms. The molecule has 1 rings (SSSR count). The van der Waals surface area contributed by atoms with Crippen molar-refractivity contribution >= 4 is 26.5 Å². The molecule has 0 aliphatic rings. The third kappa shape index (κ3) is 5.31. The fourth-order valence-electron chi connectivity index (χ4n) is 3.29. The van der Waals surface area contributed by atoms with E-state index in [0.29, 0.717) is 6.79 Å². The Bertz CT molecular complexity index is 508. The molecule has 2 nitrogen and oxygen atoms in total. The van der Waals surface area contributed by atoms with Crippen molar-refractivity contribution in [3.8, 4) is 5.75 Å². The van der Waals surface area contributed by atoms with Gasteiger partial charge in [0.2, 0.25) is 0 Å². The van der Waals surface area contributed by atoms with Gasteiger partial charge in [0, 0.05) is 12.4 Å². The highest BCUT2D eigenvalue weighted by atomic mass is 31.1. The Morgan fingerprint density at radius 3 is 1.87 bits per heavy atom. The zero-order valence-electron chi connectivity index (χ0n) is 16.7. The molecule has 0 N–H and O–H groups in total. The summed E-state index contributed by atoms with van der Waals surface area (Å²) in [6, 6.07) is 6.74. The lowest BCUT2D eigenvalue weighted by Gasteiger charge is -2.43. The van der Waals surface area contributed by atoms with Crippen molar-refractivity contribution in [3.05, 3.63) is 18.2 Å². The maximum absolute atomic E-state index is 6.14. The molecule has 23 heavy (non-hydrogen) atoms. The van der Waals surface area contributed by atoms with E-state index in [1.807, 2.05) is 0 Å². The SMILES string of the molecule is COCOc1c(P(C(C)(C)C)C(C)(C)C)cccc1[Si](C)(C)C. The molecule has 0 spiro atoms. The summed E-state index contributed by atoms with van der Waals surface area (Å²) in [7, 11) is -0.203. The van der Waals surface area contributed by atoms with E-state index in [2.05, 4.69) is 79.4 Å². The molecule has 1 aromatic carbocycles. The van der Waals surface area contributed by atoms with Crippen molar-refractivity contribution in [1.29, 1.82) is 0 Å². The van der Waals surface area contributed by atoms with Crippen LogP contribution >= 0.6 is 7.92 Å². The highest BCUT2D eigenvalue weighted by Crippen LogP contribution is 2.59. The van der Waals surface area contributed by atoms with E-state index in [-0.39, 0.29) is 10.3 Å². The van der Waals surface area contributed by atoms with Gasteiger partial charge in [-0.15, -0.1) is 0 Å². The molecule has 0 saturated carbocycles. The Balaban J connectivity index is 3.61. The minimum Gasteiger partial charge on any atom is -0.467 e. The van der Waals surface area contributed by atoms with E-state index >= 15 is 0 Å². The highest BCUT2D eigenvalue weighted by Gasteiger charge is 2.38. The van der Waals surface area contributed by atoms with E-state index < -0.39 is 16.0 Å². The predicted molar refractivity (Wildman–Crippen MR) is 108 cm³/mol. The summed E-state index contributed by atoms with van der Waals surface area (Å²) in [5, 5.41) is 3.22. The van der Waals surface area contributed by atoms with Crippen LogP contribution in [0.2, 0.25) is 19.6 Å². The quantitative estimate of drug-likeness (QED) is 0.424. The van der Waals surface area contributed by atoms with Crippen LogP contribution in [0, 0.1) is 0 Å². The van der Waals surface area contributed by atoms with Crippen LogP contribution in [-0.2, 0) is 4.74 Å². The normalized spacial score (nSPS) is 13.5. The predicted octanol–water partition coefficient (Wildman–Crippen LogP) is 4.92. The first-order valence-corrected chi connectivity index (χ1v) is 13.2. The second-order valence-corrected chi connectivity index (χ2v) is 18.0. The fourth-order valence-corrected chi connectivity index (χ4v) is 8.96. The van der Waals surface area contributed by atoms with Gasteiger partial charge < -0.3 is 9.47 Å². The zero-order chi connectivity index (χ0) is 18.1. The molecule has 0 heterocycles. The Hall–Kier alpha value is -0.373. The number of ether oxygens (including phenoxy) is 2. The lowest BCUT2D eigenvalue weighted by atomic mass is 10.2. The summed E-state index contributed by atoms with van der Waals surface area (Å²) in [4.78, 5) is 0. The smallest absolute Gasteiger partial charge is 0.188 e. The van der Waals surface area contributed by atoms with Crippen LogP contribution in [0.4, 0.5) is 0 Å². The topological polar surface area (TPSA) is 18.5 Å². The van der Waals surface area contributed by atoms with E-state index in [1.165, 1.54) is 10.5 Å². The average molecular weight is 355 g/mol. The fraction of sp³-hybridized carbons (Fsp3) is 0.684. The second kappa shape index (κ2) is 7.25. The molecule has 0 unspecified atom stereocenters. The van der Waals surface area contributed by atoms with Gasteiger partial charge >= 0.3 is 0 Å². The molecule has 0 amide bonds. The first-order chi connectivity index (χ1) is 10.3. The Morgan fingerprint density at radius 1 is 0.957 bits per heavy atom. The van der Waals surface area contributed by atoms with Crippen molar-refractivity contribution in [3.63, 3.8) is 0 Å². The molecule has 0 aliphatic heterocycles. The van der Waals surface area contributed by atoms with Gasteiger partial charge in [-0.05, 0) is 15.5 Å². The largest absolute Gasteiger partial charge is 0.467 e. The number of para-hydroxylation sites is 1. The van der Waals surface area contributed by atoms with Gasteiger partial charge in [-0.1, -0.05) is 87.3 Å². The monoisotopic (exact) mass is 354 g/mol. The lowest BCUT2D eigenvalue weighted by molar-refractivity contribution is 0.0525. The molecule has 0 aliphatic carbocycles. The van der Waals surface area contributed by atoms with Crippen molar-refractivity contribution in [1.82, 2.24) is 0 Å². The van der Waals surface area contributed by atoms with E-state index in [9.17, 15) is 0 Å². The Labute approximate surface area is 145 Å². The van der Waals surface area contributed by atoms with Crippen molar-refractivity contribution in [2.24, 2.45) is 0 Å². The molecule has 132 valence electrons. The first-order valence-electron chi connectivity index (χ1n) is 8.35. The summed E-state index contributed by atoms with van der Waals surface area (Å²) in [6.07, 6.45) is 0. The summed E-state index contributed by atoms with van der Waals surface area (Å²) in [5.41, 5.74) is 0. The Kier molecular flexibility index (Phi) is 6.52. The van der Waals surface area contributed by atoms with E-state index in [0.717, 1.165) is 5.75 Å². The second-order valence-electron chi connectivity index (χ2n) is 9.13. The first kappa shape index (κ1) is 20.7. The van der Waals surface area contributed by atoms with E-state index in [1.54, 1.807) is 7.11 Å². The number of rotatable bonds is 5. The molecule has 4 heteroatoms. The van der Waals surface area contributed by atoms with Crippen LogP contribution in [0.3, 0.4) is 0 Å². The van der Waals surface area contributed by atoms with Crippen LogP contribution in [0.5, 0.6) is 5.75 Å². The zero-order valence-corrected chi connectivity index (χ0v) is 18.6. The third-order valence-electron chi connectivity index (χ3n) is 3.71. The van der Waals surface area contributed by atoms with Crippen molar-refractivity contribution in [2.45, 2.75) is 71.5 Å². The van der Waals surface area contributed by atoms with Crippen LogP contribution in [0.1, 0.15) is 41.5 Å². The summed E-state index contributed by atoms with van der Waals surface area (Å²) >= 11 is 0. The maximum Gasteiger partial charge on any atom is 0.188 e. The van der Waals surface area contributed by atoms with E-state index in [4.69, 9.17) is 9.47 Å². The number of benzene rings is 1. The minimum atomic E-state index is -1.49. The summed E-state index contributed by atoms with van der Waals surface area (Å²) < 4.78 is 11.4. The van der Waals surface area contributed by atoms with Gasteiger partial charge in [0.15, 0.2) is 6.79 Å². The standard InChI is InChI=1S/C19H35O2PSi/c1-18(2,3)22(19(4,5)6)15-12-11-13-16(23(8,9)10)17(15)21-14-20-7/h11-13H,14H2,1-10H3. The Morgan fingerprint density at radius 2 is 1.48 bits per heavy atom. The number of hydrogen-bond donors (Lipinski definition) is 0. The van der Waals surface area contributed by atoms with Crippen LogP contribution in [0.15, 0.2) is 18.2 Å². The molecular formula is C19H35O2PSi. The van der Waals surface area contributed by atoms with Gasteiger partial charge in [0.25, 0.3) is 0 Å². The van der Waals surface area contributed by atoms with Crippen LogP contribution in [-0.4, -0.2) is 32.3 Å². The lowest BCUT2D eigenvalue weighted by Crippen LogP contribution is -2.42. The van der Waals surface area contributed by atoms with Gasteiger partial charge in [-0.3, -0.25) is 0 Å². The molecular weight excluding hydrogens is 319 g/mol. The average Bonchev–Trinajstić information content (AvgIpc) is 2.32. The third-order valence-corrected chi connectivity index (χ3v) is 9.23. The van der Waals surface area contributed by atoms with Gasteiger partial charge in [0.1, 0.15) is 5.75 Å². The van der Waals surface area contributed by atoms with Gasteiger partial charge in [-0.25, -0.2) is 0 Å².